The van der Waals surface area contributed by atoms with Crippen molar-refractivity contribution in [2.45, 2.75) is 26.2 Å². The van der Waals surface area contributed by atoms with E-state index in [9.17, 15) is 4.79 Å². The summed E-state index contributed by atoms with van der Waals surface area (Å²) in [6.45, 7) is 5.96. The third kappa shape index (κ3) is 3.78. The molecule has 0 unspecified atom stereocenters. The van der Waals surface area contributed by atoms with E-state index in [0.29, 0.717) is 4.88 Å². The molecule has 94 valence electrons. The van der Waals surface area contributed by atoms with E-state index in [4.69, 9.17) is 0 Å². The van der Waals surface area contributed by atoms with Gasteiger partial charge in [-0.2, -0.15) is 0 Å². The van der Waals surface area contributed by atoms with Gasteiger partial charge in [0.2, 0.25) is 0 Å². The van der Waals surface area contributed by atoms with Crippen LogP contribution in [0.4, 0.5) is 0 Å². The number of rotatable bonds is 4. The summed E-state index contributed by atoms with van der Waals surface area (Å²) in [5, 5.41) is 3.89. The Kier molecular flexibility index (Phi) is 4.50. The lowest BCUT2D eigenvalue weighted by atomic mass is 10.1. The van der Waals surface area contributed by atoms with E-state index in [1.54, 1.807) is 6.20 Å². The minimum Gasteiger partial charge on any atom is -0.350 e. The highest BCUT2D eigenvalue weighted by Gasteiger charge is 2.11. The van der Waals surface area contributed by atoms with Gasteiger partial charge >= 0.3 is 0 Å². The van der Waals surface area contributed by atoms with E-state index in [-0.39, 0.29) is 5.91 Å². The SMILES string of the molecule is Cc1ncc(C(=O)NCCN2CCCCC2)s1. The number of hydrogen-bond donors (Lipinski definition) is 1. The molecule has 1 aromatic heterocycles. The van der Waals surface area contributed by atoms with Crippen molar-refractivity contribution in [2.75, 3.05) is 26.2 Å². The third-order valence-electron chi connectivity index (χ3n) is 3.01. The highest BCUT2D eigenvalue weighted by atomic mass is 32.1. The van der Waals surface area contributed by atoms with Crippen LogP contribution in [0.5, 0.6) is 0 Å². The van der Waals surface area contributed by atoms with Gasteiger partial charge in [0.15, 0.2) is 0 Å². The first-order chi connectivity index (χ1) is 8.25. The normalized spacial score (nSPS) is 17.0. The van der Waals surface area contributed by atoms with Crippen LogP contribution in [0.15, 0.2) is 6.20 Å². The molecule has 1 aromatic rings. The Morgan fingerprint density at radius 2 is 2.24 bits per heavy atom. The van der Waals surface area contributed by atoms with Crippen molar-refractivity contribution in [2.24, 2.45) is 0 Å². The summed E-state index contributed by atoms with van der Waals surface area (Å²) in [7, 11) is 0. The number of carbonyl (C=O) groups is 1. The maximum atomic E-state index is 11.7. The smallest absolute Gasteiger partial charge is 0.263 e. The second kappa shape index (κ2) is 6.12. The molecule has 0 saturated carbocycles. The summed E-state index contributed by atoms with van der Waals surface area (Å²) in [6.07, 6.45) is 5.59. The fourth-order valence-corrected chi connectivity index (χ4v) is 2.76. The fraction of sp³-hybridized carbons (Fsp3) is 0.667. The van der Waals surface area contributed by atoms with Gasteiger partial charge in [0.25, 0.3) is 5.91 Å². The van der Waals surface area contributed by atoms with Crippen LogP contribution >= 0.6 is 11.3 Å². The number of aromatic nitrogens is 1. The average molecular weight is 253 g/mol. The van der Waals surface area contributed by atoms with Crippen LogP contribution in [0.25, 0.3) is 0 Å². The number of hydrogen-bond acceptors (Lipinski definition) is 4. The molecule has 0 aromatic carbocycles. The molecule has 0 spiro atoms. The Bertz CT molecular complexity index is 372. The molecular weight excluding hydrogens is 234 g/mol. The Morgan fingerprint density at radius 3 is 2.88 bits per heavy atom. The quantitative estimate of drug-likeness (QED) is 0.887. The van der Waals surface area contributed by atoms with E-state index in [1.165, 1.54) is 43.7 Å². The fourth-order valence-electron chi connectivity index (χ4n) is 2.06. The first-order valence-electron chi connectivity index (χ1n) is 6.19. The van der Waals surface area contributed by atoms with Crippen LogP contribution in [0.2, 0.25) is 0 Å². The summed E-state index contributed by atoms with van der Waals surface area (Å²) in [6, 6.07) is 0. The zero-order valence-electron chi connectivity index (χ0n) is 10.2. The summed E-state index contributed by atoms with van der Waals surface area (Å²) < 4.78 is 0. The molecule has 0 radical (unpaired) electrons. The summed E-state index contributed by atoms with van der Waals surface area (Å²) >= 11 is 1.45. The van der Waals surface area contributed by atoms with Crippen LogP contribution in [-0.4, -0.2) is 42.0 Å². The van der Waals surface area contributed by atoms with Gasteiger partial charge in [-0.05, 0) is 32.9 Å². The molecule has 1 aliphatic rings. The van der Waals surface area contributed by atoms with Crippen molar-refractivity contribution in [1.29, 1.82) is 0 Å². The summed E-state index contributed by atoms with van der Waals surface area (Å²) in [5.41, 5.74) is 0. The zero-order chi connectivity index (χ0) is 12.1. The van der Waals surface area contributed by atoms with Crippen molar-refractivity contribution in [3.8, 4) is 0 Å². The Morgan fingerprint density at radius 1 is 1.47 bits per heavy atom. The molecule has 1 aliphatic heterocycles. The molecule has 1 N–H and O–H groups in total. The van der Waals surface area contributed by atoms with Crippen LogP contribution in [0.3, 0.4) is 0 Å². The Hall–Kier alpha value is -0.940. The van der Waals surface area contributed by atoms with Gasteiger partial charge in [-0.3, -0.25) is 4.79 Å². The first-order valence-corrected chi connectivity index (χ1v) is 7.00. The standard InChI is InChI=1S/C12H19N3OS/c1-10-14-9-11(17-10)12(16)13-5-8-15-6-3-2-4-7-15/h9H,2-8H2,1H3,(H,13,16). The molecule has 0 aliphatic carbocycles. The van der Waals surface area contributed by atoms with Crippen molar-refractivity contribution in [1.82, 2.24) is 15.2 Å². The molecule has 1 saturated heterocycles. The van der Waals surface area contributed by atoms with E-state index in [0.717, 1.165) is 18.1 Å². The van der Waals surface area contributed by atoms with Crippen molar-refractivity contribution in [3.05, 3.63) is 16.1 Å². The molecule has 2 heterocycles. The maximum absolute atomic E-state index is 11.7. The van der Waals surface area contributed by atoms with E-state index in [2.05, 4.69) is 15.2 Å². The van der Waals surface area contributed by atoms with Gasteiger partial charge in [0, 0.05) is 13.1 Å². The van der Waals surface area contributed by atoms with Gasteiger partial charge < -0.3 is 10.2 Å². The zero-order valence-corrected chi connectivity index (χ0v) is 11.1. The van der Waals surface area contributed by atoms with E-state index >= 15 is 0 Å². The summed E-state index contributed by atoms with van der Waals surface area (Å²) in [5.74, 6) is 0.00705. The number of piperidine rings is 1. The minimum absolute atomic E-state index is 0.00705. The lowest BCUT2D eigenvalue weighted by molar-refractivity contribution is 0.0950. The third-order valence-corrected chi connectivity index (χ3v) is 3.92. The predicted octanol–water partition coefficient (Wildman–Crippen LogP) is 1.67. The first kappa shape index (κ1) is 12.5. The van der Waals surface area contributed by atoms with Crippen molar-refractivity contribution in [3.63, 3.8) is 0 Å². The number of thiazole rings is 1. The molecule has 2 rings (SSSR count). The van der Waals surface area contributed by atoms with Gasteiger partial charge in [0.1, 0.15) is 4.88 Å². The maximum Gasteiger partial charge on any atom is 0.263 e. The lowest BCUT2D eigenvalue weighted by Gasteiger charge is -2.26. The van der Waals surface area contributed by atoms with Crippen LogP contribution in [0, 0.1) is 6.92 Å². The van der Waals surface area contributed by atoms with E-state index in [1.807, 2.05) is 6.92 Å². The van der Waals surface area contributed by atoms with Gasteiger partial charge in [-0.25, -0.2) is 4.98 Å². The van der Waals surface area contributed by atoms with E-state index < -0.39 is 0 Å². The molecule has 0 bridgehead atoms. The molecule has 5 heteroatoms. The predicted molar refractivity (Wildman–Crippen MR) is 69.5 cm³/mol. The largest absolute Gasteiger partial charge is 0.350 e. The molecule has 1 fully saturated rings. The molecule has 0 atom stereocenters. The Labute approximate surface area is 106 Å². The number of amides is 1. The number of likely N-dealkylation sites (tertiary alicyclic amines) is 1. The highest BCUT2D eigenvalue weighted by Crippen LogP contribution is 2.11. The summed E-state index contributed by atoms with van der Waals surface area (Å²) in [4.78, 5) is 19.0. The molecule has 1 amide bonds. The molecular formula is C12H19N3OS. The lowest BCUT2D eigenvalue weighted by Crippen LogP contribution is -2.37. The molecule has 4 nitrogen and oxygen atoms in total. The van der Waals surface area contributed by atoms with Gasteiger partial charge in [-0.1, -0.05) is 6.42 Å². The minimum atomic E-state index is 0.00705. The monoisotopic (exact) mass is 253 g/mol. The average Bonchev–Trinajstić information content (AvgIpc) is 2.77. The van der Waals surface area contributed by atoms with Gasteiger partial charge in [0.05, 0.1) is 11.2 Å². The van der Waals surface area contributed by atoms with Crippen molar-refractivity contribution >= 4 is 17.2 Å². The number of carbonyl (C=O) groups excluding carboxylic acids is 1. The van der Waals surface area contributed by atoms with Crippen molar-refractivity contribution < 1.29 is 4.79 Å². The van der Waals surface area contributed by atoms with Crippen LogP contribution < -0.4 is 5.32 Å². The van der Waals surface area contributed by atoms with Gasteiger partial charge in [-0.15, -0.1) is 11.3 Å². The topological polar surface area (TPSA) is 45.2 Å². The highest BCUT2D eigenvalue weighted by molar-refractivity contribution is 7.13. The second-order valence-corrected chi connectivity index (χ2v) is 5.64. The number of nitrogens with one attached hydrogen (secondary N) is 1. The van der Waals surface area contributed by atoms with Crippen LogP contribution in [0.1, 0.15) is 33.9 Å². The number of aryl methyl sites for hydroxylation is 1. The number of nitrogens with zero attached hydrogens (tertiary/aromatic N) is 2. The second-order valence-electron chi connectivity index (χ2n) is 4.40. The Balaban J connectivity index is 1.69. The molecule has 17 heavy (non-hydrogen) atoms. The van der Waals surface area contributed by atoms with Crippen LogP contribution in [-0.2, 0) is 0 Å².